The number of carbonyl (C=O) groups is 2. The molecule has 5 heteroatoms. The Balaban J connectivity index is 2.67. The molecule has 0 spiro atoms. The fourth-order valence-electron chi connectivity index (χ4n) is 2.16. The number of hydrogen-bond acceptors (Lipinski definition) is 3. The quantitative estimate of drug-likeness (QED) is 0.772. The second-order valence-electron chi connectivity index (χ2n) is 5.83. The lowest BCUT2D eigenvalue weighted by atomic mass is 9.98. The Bertz CT molecular complexity index is 514. The van der Waals surface area contributed by atoms with Gasteiger partial charge in [-0.2, -0.15) is 0 Å². The van der Waals surface area contributed by atoms with Gasteiger partial charge in [0.15, 0.2) is 6.61 Å². The van der Waals surface area contributed by atoms with Crippen molar-refractivity contribution in [1.82, 2.24) is 5.32 Å². The molecule has 3 N–H and O–H groups in total. The molecule has 1 aromatic rings. The van der Waals surface area contributed by atoms with Crippen molar-refractivity contribution in [3.8, 4) is 5.75 Å². The van der Waals surface area contributed by atoms with E-state index in [1.807, 2.05) is 38.1 Å². The van der Waals surface area contributed by atoms with E-state index in [2.05, 4.69) is 19.2 Å². The molecule has 5 nitrogen and oxygen atoms in total. The highest BCUT2D eigenvalue weighted by Crippen LogP contribution is 2.28. The smallest absolute Gasteiger partial charge is 0.258 e. The van der Waals surface area contributed by atoms with Crippen molar-refractivity contribution < 1.29 is 14.3 Å². The van der Waals surface area contributed by atoms with E-state index in [1.54, 1.807) is 0 Å². The first-order valence-corrected chi connectivity index (χ1v) is 7.67. The second-order valence-corrected chi connectivity index (χ2v) is 5.83. The van der Waals surface area contributed by atoms with E-state index in [1.165, 1.54) is 0 Å². The van der Waals surface area contributed by atoms with Crippen molar-refractivity contribution >= 4 is 11.8 Å². The van der Waals surface area contributed by atoms with Crippen LogP contribution in [0.1, 0.15) is 45.6 Å². The number of primary amides is 1. The molecule has 0 heterocycles. The Morgan fingerprint density at radius 1 is 1.23 bits per heavy atom. The van der Waals surface area contributed by atoms with Crippen molar-refractivity contribution in [3.63, 3.8) is 0 Å². The summed E-state index contributed by atoms with van der Waals surface area (Å²) >= 11 is 0. The molecule has 0 aliphatic heterocycles. The number of nitrogens with one attached hydrogen (secondary N) is 1. The van der Waals surface area contributed by atoms with E-state index in [0.29, 0.717) is 11.7 Å². The Morgan fingerprint density at radius 2 is 1.86 bits per heavy atom. The molecule has 0 aliphatic carbocycles. The van der Waals surface area contributed by atoms with E-state index in [-0.39, 0.29) is 18.4 Å². The van der Waals surface area contributed by atoms with Crippen LogP contribution in [0.3, 0.4) is 0 Å². The molecule has 2 amide bonds. The highest BCUT2D eigenvalue weighted by molar-refractivity contribution is 5.87. The van der Waals surface area contributed by atoms with Crippen LogP contribution in [0, 0.1) is 5.92 Å². The number of carbonyl (C=O) groups excluding carboxylic acids is 2. The summed E-state index contributed by atoms with van der Waals surface area (Å²) in [7, 11) is 0. The first-order chi connectivity index (χ1) is 10.4. The van der Waals surface area contributed by atoms with Crippen LogP contribution >= 0.6 is 0 Å². The molecule has 122 valence electrons. The summed E-state index contributed by atoms with van der Waals surface area (Å²) in [6, 6.07) is 7.00. The number of ether oxygens (including phenoxy) is 1. The van der Waals surface area contributed by atoms with Gasteiger partial charge in [-0.15, -0.1) is 0 Å². The molecule has 1 aromatic carbocycles. The fraction of sp³-hybridized carbons (Fsp3) is 0.529. The van der Waals surface area contributed by atoms with Crippen molar-refractivity contribution in [1.29, 1.82) is 0 Å². The highest BCUT2D eigenvalue weighted by Gasteiger charge is 2.22. The van der Waals surface area contributed by atoms with Crippen LogP contribution in [-0.2, 0) is 9.59 Å². The maximum Gasteiger partial charge on any atom is 0.258 e. The number of para-hydroxylation sites is 1. The van der Waals surface area contributed by atoms with Crippen molar-refractivity contribution in [2.45, 2.75) is 46.1 Å². The van der Waals surface area contributed by atoms with E-state index < -0.39 is 11.9 Å². The number of hydrogen-bond donors (Lipinski definition) is 2. The average molecular weight is 306 g/mol. The van der Waals surface area contributed by atoms with E-state index in [4.69, 9.17) is 10.5 Å². The number of benzene rings is 1. The van der Waals surface area contributed by atoms with Gasteiger partial charge >= 0.3 is 0 Å². The standard InChI is InChI=1S/C17H26N2O3/c1-5-12(4)13-8-6-7-9-14(13)22-10-15(20)19-16(11(2)3)17(18)21/h6-9,11-12,16H,5,10H2,1-4H3,(H2,18,21)(H,19,20)/t12-,16+/m1/s1. The summed E-state index contributed by atoms with van der Waals surface area (Å²) in [4.78, 5) is 23.2. The van der Waals surface area contributed by atoms with Crippen LogP contribution in [0.5, 0.6) is 5.75 Å². The third-order valence-electron chi connectivity index (χ3n) is 3.71. The Labute approximate surface area is 132 Å². The molecular weight excluding hydrogens is 280 g/mol. The number of amides is 2. The zero-order valence-electron chi connectivity index (χ0n) is 13.8. The highest BCUT2D eigenvalue weighted by atomic mass is 16.5. The SMILES string of the molecule is CC[C@@H](C)c1ccccc1OCC(=O)N[C@H](C(N)=O)C(C)C. The van der Waals surface area contributed by atoms with Gasteiger partial charge < -0.3 is 15.8 Å². The largest absolute Gasteiger partial charge is 0.483 e. The molecule has 22 heavy (non-hydrogen) atoms. The van der Waals surface area contributed by atoms with Crippen LogP contribution in [0.2, 0.25) is 0 Å². The monoisotopic (exact) mass is 306 g/mol. The van der Waals surface area contributed by atoms with E-state index >= 15 is 0 Å². The van der Waals surface area contributed by atoms with Crippen LogP contribution in [-0.4, -0.2) is 24.5 Å². The van der Waals surface area contributed by atoms with Crippen LogP contribution in [0.15, 0.2) is 24.3 Å². The number of nitrogens with two attached hydrogens (primary N) is 1. The summed E-state index contributed by atoms with van der Waals surface area (Å²) in [5.41, 5.74) is 6.36. The molecule has 0 aromatic heterocycles. The van der Waals surface area contributed by atoms with Gasteiger partial charge in [0.1, 0.15) is 11.8 Å². The lowest BCUT2D eigenvalue weighted by Crippen LogP contribution is -2.49. The van der Waals surface area contributed by atoms with E-state index in [9.17, 15) is 9.59 Å². The van der Waals surface area contributed by atoms with Gasteiger partial charge in [-0.05, 0) is 29.9 Å². The van der Waals surface area contributed by atoms with Gasteiger partial charge in [0.2, 0.25) is 5.91 Å². The minimum atomic E-state index is -0.680. The minimum Gasteiger partial charge on any atom is -0.483 e. The fourth-order valence-corrected chi connectivity index (χ4v) is 2.16. The minimum absolute atomic E-state index is 0.0613. The molecule has 0 aliphatic rings. The Kier molecular flexibility index (Phi) is 6.89. The van der Waals surface area contributed by atoms with Crippen LogP contribution < -0.4 is 15.8 Å². The molecule has 2 atom stereocenters. The number of rotatable bonds is 8. The maximum atomic E-state index is 11.9. The predicted molar refractivity (Wildman–Crippen MR) is 86.6 cm³/mol. The van der Waals surface area contributed by atoms with Crippen LogP contribution in [0.25, 0.3) is 0 Å². The van der Waals surface area contributed by atoms with Gasteiger partial charge in [-0.3, -0.25) is 9.59 Å². The normalized spacial score (nSPS) is 13.5. The molecule has 0 radical (unpaired) electrons. The molecule has 0 saturated heterocycles. The molecule has 0 saturated carbocycles. The summed E-state index contributed by atoms with van der Waals surface area (Å²) in [5, 5.41) is 2.61. The zero-order valence-corrected chi connectivity index (χ0v) is 13.8. The summed E-state index contributed by atoms with van der Waals surface area (Å²) in [6.07, 6.45) is 0.990. The molecular formula is C17H26N2O3. The van der Waals surface area contributed by atoms with Gasteiger partial charge in [0.05, 0.1) is 0 Å². The molecule has 0 fully saturated rings. The van der Waals surface area contributed by atoms with Gasteiger partial charge in [-0.25, -0.2) is 0 Å². The third kappa shape index (κ3) is 5.06. The second kappa shape index (κ2) is 8.41. The third-order valence-corrected chi connectivity index (χ3v) is 3.71. The Hall–Kier alpha value is -2.04. The lowest BCUT2D eigenvalue weighted by molar-refractivity contribution is -0.129. The average Bonchev–Trinajstić information content (AvgIpc) is 2.49. The van der Waals surface area contributed by atoms with Crippen molar-refractivity contribution in [2.75, 3.05) is 6.61 Å². The molecule has 0 bridgehead atoms. The van der Waals surface area contributed by atoms with Crippen molar-refractivity contribution in [2.24, 2.45) is 11.7 Å². The first-order valence-electron chi connectivity index (χ1n) is 7.67. The molecule has 1 rings (SSSR count). The summed E-state index contributed by atoms with van der Waals surface area (Å²) in [5.74, 6) is 0.106. The molecule has 0 unspecified atom stereocenters. The Morgan fingerprint density at radius 3 is 2.41 bits per heavy atom. The first kappa shape index (κ1) is 18.0. The summed E-state index contributed by atoms with van der Waals surface area (Å²) in [6.45, 7) is 7.74. The van der Waals surface area contributed by atoms with Gasteiger partial charge in [-0.1, -0.05) is 45.9 Å². The summed E-state index contributed by atoms with van der Waals surface area (Å²) < 4.78 is 5.62. The zero-order chi connectivity index (χ0) is 16.7. The lowest BCUT2D eigenvalue weighted by Gasteiger charge is -2.20. The topological polar surface area (TPSA) is 81.4 Å². The van der Waals surface area contributed by atoms with Crippen molar-refractivity contribution in [3.05, 3.63) is 29.8 Å². The predicted octanol–water partition coefficient (Wildman–Crippen LogP) is 2.20. The van der Waals surface area contributed by atoms with E-state index in [0.717, 1.165) is 12.0 Å². The van der Waals surface area contributed by atoms with Gasteiger partial charge in [0.25, 0.3) is 5.91 Å². The van der Waals surface area contributed by atoms with Crippen LogP contribution in [0.4, 0.5) is 0 Å². The maximum absolute atomic E-state index is 11.9. The van der Waals surface area contributed by atoms with Gasteiger partial charge in [0, 0.05) is 0 Å².